The molecule has 0 aliphatic carbocycles. The van der Waals surface area contributed by atoms with Crippen LogP contribution in [0.1, 0.15) is 25.8 Å². The molecule has 1 atom stereocenters. The Kier molecular flexibility index (Phi) is 5.05. The number of nitrogens with zero attached hydrogens (tertiary/aromatic N) is 1. The minimum atomic E-state index is -0.364. The van der Waals surface area contributed by atoms with Crippen molar-refractivity contribution in [3.05, 3.63) is 28.2 Å². The molecule has 4 nitrogen and oxygen atoms in total. The van der Waals surface area contributed by atoms with Crippen LogP contribution in [0.5, 0.6) is 5.75 Å². The molecule has 20 heavy (non-hydrogen) atoms. The number of amides is 1. The lowest BCUT2D eigenvalue weighted by Gasteiger charge is -2.18. The largest absolute Gasteiger partial charge is 0.479 e. The first-order valence-corrected chi connectivity index (χ1v) is 7.70. The van der Waals surface area contributed by atoms with Gasteiger partial charge in [0, 0.05) is 38.2 Å². The highest BCUT2D eigenvalue weighted by Gasteiger charge is 2.31. The van der Waals surface area contributed by atoms with Gasteiger partial charge in [-0.05, 0) is 22.0 Å². The van der Waals surface area contributed by atoms with Crippen LogP contribution in [0.15, 0.2) is 22.7 Å². The molecule has 1 aromatic rings. The minimum absolute atomic E-state index is 0.0588. The molecule has 1 aliphatic rings. The number of hydrogen-bond acceptors (Lipinski definition) is 3. The van der Waals surface area contributed by atoms with Crippen molar-refractivity contribution < 1.29 is 9.53 Å². The van der Waals surface area contributed by atoms with E-state index in [0.717, 1.165) is 35.3 Å². The normalized spacial score (nSPS) is 18.9. The van der Waals surface area contributed by atoms with E-state index in [0.29, 0.717) is 6.04 Å². The maximum Gasteiger partial charge on any atom is 0.263 e. The number of carbonyl (C=O) groups excluding carboxylic acids is 1. The fourth-order valence-electron chi connectivity index (χ4n) is 2.18. The molecule has 0 radical (unpaired) electrons. The quantitative estimate of drug-likeness (QED) is 0.895. The van der Waals surface area contributed by atoms with Crippen LogP contribution in [-0.2, 0) is 11.3 Å². The lowest BCUT2D eigenvalue weighted by Crippen LogP contribution is -2.30. The van der Waals surface area contributed by atoms with Gasteiger partial charge in [-0.2, -0.15) is 0 Å². The van der Waals surface area contributed by atoms with Crippen molar-refractivity contribution >= 4 is 21.8 Å². The molecule has 1 aliphatic heterocycles. The van der Waals surface area contributed by atoms with Crippen molar-refractivity contribution in [3.63, 3.8) is 0 Å². The lowest BCUT2D eigenvalue weighted by atomic mass is 10.2. The zero-order valence-corrected chi connectivity index (χ0v) is 13.7. The van der Waals surface area contributed by atoms with Gasteiger partial charge in [-0.25, -0.2) is 0 Å². The fraction of sp³-hybridized carbons (Fsp3) is 0.533. The highest BCUT2D eigenvalue weighted by molar-refractivity contribution is 9.10. The van der Waals surface area contributed by atoms with Gasteiger partial charge in [0.15, 0.2) is 6.10 Å². The molecule has 1 amide bonds. The Bertz CT molecular complexity index is 491. The molecule has 1 unspecified atom stereocenters. The first-order valence-electron chi connectivity index (χ1n) is 6.91. The molecule has 110 valence electrons. The highest BCUT2D eigenvalue weighted by Crippen LogP contribution is 2.31. The predicted octanol–water partition coefficient (Wildman–Crippen LogP) is 2.56. The van der Waals surface area contributed by atoms with E-state index in [1.54, 1.807) is 4.90 Å². The minimum Gasteiger partial charge on any atom is -0.479 e. The van der Waals surface area contributed by atoms with Crippen molar-refractivity contribution in [2.24, 2.45) is 0 Å². The summed E-state index contributed by atoms with van der Waals surface area (Å²) in [5.74, 6) is 0.831. The van der Waals surface area contributed by atoms with Crippen LogP contribution >= 0.6 is 15.9 Å². The van der Waals surface area contributed by atoms with Gasteiger partial charge in [0.2, 0.25) is 0 Å². The van der Waals surface area contributed by atoms with Crippen LogP contribution in [0.25, 0.3) is 0 Å². The van der Waals surface area contributed by atoms with Crippen LogP contribution in [0, 0.1) is 0 Å². The molecule has 1 fully saturated rings. The monoisotopic (exact) mass is 340 g/mol. The maximum absolute atomic E-state index is 12.0. The Morgan fingerprint density at radius 2 is 2.25 bits per heavy atom. The molecule has 2 rings (SSSR count). The Hall–Kier alpha value is -1.07. The highest BCUT2D eigenvalue weighted by atomic mass is 79.9. The number of carbonyl (C=O) groups is 1. The summed E-state index contributed by atoms with van der Waals surface area (Å²) in [5.41, 5.74) is 1.07. The van der Waals surface area contributed by atoms with Crippen molar-refractivity contribution in [2.75, 3.05) is 13.6 Å². The fourth-order valence-corrected chi connectivity index (χ4v) is 2.68. The summed E-state index contributed by atoms with van der Waals surface area (Å²) in [5, 5.41) is 3.38. The molecule has 0 aromatic heterocycles. The standard InChI is InChI=1S/C15H21BrN2O2/c1-10(2)17-9-11-5-4-6-12(16)14(11)20-13-7-8-18(3)15(13)19/h4-6,10,13,17H,7-9H2,1-3H3. The average molecular weight is 341 g/mol. The molecule has 1 heterocycles. The lowest BCUT2D eigenvalue weighted by molar-refractivity contribution is -0.132. The summed E-state index contributed by atoms with van der Waals surface area (Å²) in [6, 6.07) is 6.36. The van der Waals surface area contributed by atoms with Gasteiger partial charge in [-0.1, -0.05) is 26.0 Å². The topological polar surface area (TPSA) is 41.6 Å². The first kappa shape index (κ1) is 15.3. The van der Waals surface area contributed by atoms with E-state index in [2.05, 4.69) is 35.1 Å². The molecule has 0 bridgehead atoms. The van der Waals surface area contributed by atoms with E-state index in [1.807, 2.05) is 25.2 Å². The van der Waals surface area contributed by atoms with Crippen LogP contribution in [-0.4, -0.2) is 36.5 Å². The van der Waals surface area contributed by atoms with Gasteiger partial charge in [-0.15, -0.1) is 0 Å². The molecule has 5 heteroatoms. The van der Waals surface area contributed by atoms with Crippen molar-refractivity contribution in [3.8, 4) is 5.75 Å². The van der Waals surface area contributed by atoms with Gasteiger partial charge in [-0.3, -0.25) is 4.79 Å². The first-order chi connectivity index (χ1) is 9.49. The van der Waals surface area contributed by atoms with Crippen molar-refractivity contribution in [1.82, 2.24) is 10.2 Å². The number of hydrogen-bond donors (Lipinski definition) is 1. The third-order valence-corrected chi connectivity index (χ3v) is 4.01. The zero-order chi connectivity index (χ0) is 14.7. The number of rotatable bonds is 5. The van der Waals surface area contributed by atoms with Crippen LogP contribution in [0.2, 0.25) is 0 Å². The Balaban J connectivity index is 2.15. The summed E-state index contributed by atoms with van der Waals surface area (Å²) in [6.45, 7) is 5.69. The Morgan fingerprint density at radius 1 is 1.50 bits per heavy atom. The number of likely N-dealkylation sites (N-methyl/N-ethyl adjacent to an activating group) is 1. The Morgan fingerprint density at radius 3 is 2.85 bits per heavy atom. The zero-order valence-electron chi connectivity index (χ0n) is 12.1. The van der Waals surface area contributed by atoms with Crippen LogP contribution in [0.4, 0.5) is 0 Å². The van der Waals surface area contributed by atoms with E-state index < -0.39 is 0 Å². The van der Waals surface area contributed by atoms with Crippen LogP contribution in [0.3, 0.4) is 0 Å². The van der Waals surface area contributed by atoms with Gasteiger partial charge in [0.1, 0.15) is 5.75 Å². The number of para-hydroxylation sites is 1. The third kappa shape index (κ3) is 3.52. The second-order valence-corrected chi connectivity index (χ2v) is 6.27. The van der Waals surface area contributed by atoms with Crippen LogP contribution < -0.4 is 10.1 Å². The van der Waals surface area contributed by atoms with Gasteiger partial charge in [0.25, 0.3) is 5.91 Å². The molecule has 0 spiro atoms. The van der Waals surface area contributed by atoms with E-state index in [-0.39, 0.29) is 12.0 Å². The smallest absolute Gasteiger partial charge is 0.263 e. The van der Waals surface area contributed by atoms with E-state index in [1.165, 1.54) is 0 Å². The number of ether oxygens (including phenoxy) is 1. The predicted molar refractivity (Wildman–Crippen MR) is 82.8 cm³/mol. The molecule has 1 aromatic carbocycles. The third-order valence-electron chi connectivity index (χ3n) is 3.39. The molecule has 0 saturated carbocycles. The second kappa shape index (κ2) is 6.59. The SMILES string of the molecule is CC(C)NCc1cccc(Br)c1OC1CCN(C)C1=O. The summed E-state index contributed by atoms with van der Waals surface area (Å²) < 4.78 is 6.87. The van der Waals surface area contributed by atoms with Crippen molar-refractivity contribution in [2.45, 2.75) is 39.0 Å². The molecular weight excluding hydrogens is 320 g/mol. The number of benzene rings is 1. The molecule has 1 saturated heterocycles. The van der Waals surface area contributed by atoms with E-state index >= 15 is 0 Å². The average Bonchev–Trinajstić information content (AvgIpc) is 2.71. The van der Waals surface area contributed by atoms with E-state index in [4.69, 9.17) is 4.74 Å². The Labute approximate surface area is 128 Å². The van der Waals surface area contributed by atoms with Gasteiger partial charge >= 0.3 is 0 Å². The molecular formula is C15H21BrN2O2. The summed E-state index contributed by atoms with van der Waals surface area (Å²) >= 11 is 3.52. The number of halogens is 1. The van der Waals surface area contributed by atoms with E-state index in [9.17, 15) is 4.79 Å². The van der Waals surface area contributed by atoms with Crippen molar-refractivity contribution in [1.29, 1.82) is 0 Å². The van der Waals surface area contributed by atoms with Gasteiger partial charge in [0.05, 0.1) is 4.47 Å². The summed E-state index contributed by atoms with van der Waals surface area (Å²) in [6.07, 6.45) is 0.379. The second-order valence-electron chi connectivity index (χ2n) is 5.42. The summed E-state index contributed by atoms with van der Waals surface area (Å²) in [4.78, 5) is 13.7. The molecule has 1 N–H and O–H groups in total. The number of nitrogens with one attached hydrogen (secondary N) is 1. The van der Waals surface area contributed by atoms with Gasteiger partial charge < -0.3 is 15.0 Å². The number of likely N-dealkylation sites (tertiary alicyclic amines) is 1. The summed E-state index contributed by atoms with van der Waals surface area (Å²) in [7, 11) is 1.81. The maximum atomic E-state index is 12.0.